The molecule has 1 aliphatic heterocycles. The van der Waals surface area contributed by atoms with E-state index in [9.17, 15) is 5.11 Å². The van der Waals surface area contributed by atoms with E-state index in [2.05, 4.69) is 9.97 Å². The van der Waals surface area contributed by atoms with Crippen LogP contribution in [0.2, 0.25) is 0 Å². The van der Waals surface area contributed by atoms with Gasteiger partial charge in [0.05, 0.1) is 18.5 Å². The Labute approximate surface area is 111 Å². The summed E-state index contributed by atoms with van der Waals surface area (Å²) in [5.41, 5.74) is 1.91. The Morgan fingerprint density at radius 2 is 2.21 bits per heavy atom. The average molecular weight is 260 g/mol. The number of benzene rings is 1. The molecule has 0 fully saturated rings. The molecule has 0 bridgehead atoms. The highest BCUT2D eigenvalue weighted by molar-refractivity contribution is 5.64. The van der Waals surface area contributed by atoms with E-state index in [-0.39, 0.29) is 19.3 Å². The smallest absolute Gasteiger partial charge is 0.231 e. The Hall–Kier alpha value is -2.01. The van der Waals surface area contributed by atoms with Crippen LogP contribution in [-0.4, -0.2) is 28.5 Å². The van der Waals surface area contributed by atoms with E-state index >= 15 is 0 Å². The zero-order valence-electron chi connectivity index (χ0n) is 10.7. The van der Waals surface area contributed by atoms with Crippen molar-refractivity contribution < 1.29 is 14.6 Å². The van der Waals surface area contributed by atoms with E-state index in [1.165, 1.54) is 0 Å². The Morgan fingerprint density at radius 3 is 3.00 bits per heavy atom. The van der Waals surface area contributed by atoms with Crippen molar-refractivity contribution in [3.63, 3.8) is 0 Å². The van der Waals surface area contributed by atoms with Crippen molar-refractivity contribution in [2.75, 3.05) is 13.4 Å². The number of aromatic nitrogens is 2. The molecular weight excluding hydrogens is 244 g/mol. The van der Waals surface area contributed by atoms with Crippen molar-refractivity contribution in [2.45, 2.75) is 19.3 Å². The zero-order chi connectivity index (χ0) is 13.2. The van der Waals surface area contributed by atoms with E-state index in [4.69, 9.17) is 9.47 Å². The van der Waals surface area contributed by atoms with Crippen LogP contribution in [0.15, 0.2) is 24.4 Å². The number of H-pyrrole nitrogens is 1. The Bertz CT molecular complexity index is 576. The van der Waals surface area contributed by atoms with Gasteiger partial charge in [-0.3, -0.25) is 0 Å². The van der Waals surface area contributed by atoms with Crippen molar-refractivity contribution in [3.05, 3.63) is 30.2 Å². The second kappa shape index (κ2) is 4.93. The van der Waals surface area contributed by atoms with Crippen molar-refractivity contribution in [3.8, 4) is 22.8 Å². The molecule has 0 aliphatic carbocycles. The lowest BCUT2D eigenvalue weighted by atomic mass is 10.1. The first-order valence-corrected chi connectivity index (χ1v) is 6.37. The molecule has 1 aromatic carbocycles. The van der Waals surface area contributed by atoms with Crippen LogP contribution in [0.5, 0.6) is 11.5 Å². The summed E-state index contributed by atoms with van der Waals surface area (Å²) < 4.78 is 10.6. The molecule has 0 spiro atoms. The predicted octanol–water partition coefficient (Wildman–Crippen LogP) is 2.29. The van der Waals surface area contributed by atoms with Gasteiger partial charge in [-0.2, -0.15) is 0 Å². The van der Waals surface area contributed by atoms with E-state index in [1.807, 2.05) is 25.1 Å². The summed E-state index contributed by atoms with van der Waals surface area (Å²) in [6.07, 6.45) is 2.63. The van der Waals surface area contributed by atoms with Crippen LogP contribution in [0.3, 0.4) is 0 Å². The number of rotatable bonds is 4. The molecule has 100 valence electrons. The summed E-state index contributed by atoms with van der Waals surface area (Å²) in [5, 5.41) is 9.29. The number of hydrogen-bond acceptors (Lipinski definition) is 4. The molecule has 1 aliphatic rings. The average Bonchev–Trinajstić information content (AvgIpc) is 3.08. The first-order chi connectivity index (χ1) is 9.31. The lowest BCUT2D eigenvalue weighted by molar-refractivity contribution is 0.174. The van der Waals surface area contributed by atoms with Crippen LogP contribution in [0.25, 0.3) is 11.3 Å². The summed E-state index contributed by atoms with van der Waals surface area (Å²) in [6.45, 7) is 2.41. The van der Waals surface area contributed by atoms with Crippen LogP contribution in [0.4, 0.5) is 0 Å². The van der Waals surface area contributed by atoms with E-state index in [0.717, 1.165) is 35.0 Å². The van der Waals surface area contributed by atoms with Gasteiger partial charge in [-0.1, -0.05) is 6.92 Å². The first-order valence-electron chi connectivity index (χ1n) is 6.37. The number of aliphatic hydroxyl groups is 1. The third-order valence-corrected chi connectivity index (χ3v) is 3.38. The minimum absolute atomic E-state index is 0.0581. The number of ether oxygens (including phenoxy) is 2. The summed E-state index contributed by atoms with van der Waals surface area (Å²) >= 11 is 0. The summed E-state index contributed by atoms with van der Waals surface area (Å²) in [6, 6.07) is 5.78. The minimum Gasteiger partial charge on any atom is -0.454 e. The van der Waals surface area contributed by atoms with E-state index < -0.39 is 0 Å². The van der Waals surface area contributed by atoms with Crippen LogP contribution >= 0.6 is 0 Å². The fourth-order valence-corrected chi connectivity index (χ4v) is 2.16. The minimum atomic E-state index is 0.0581. The third kappa shape index (κ3) is 2.17. The Kier molecular flexibility index (Phi) is 3.13. The Balaban J connectivity index is 1.90. The van der Waals surface area contributed by atoms with Gasteiger partial charge in [-0.25, -0.2) is 4.98 Å². The third-order valence-electron chi connectivity index (χ3n) is 3.38. The van der Waals surface area contributed by atoms with Gasteiger partial charge in [0.15, 0.2) is 11.5 Å². The molecule has 19 heavy (non-hydrogen) atoms. The quantitative estimate of drug-likeness (QED) is 0.885. The molecule has 0 amide bonds. The molecule has 5 nitrogen and oxygen atoms in total. The van der Waals surface area contributed by atoms with Gasteiger partial charge in [-0.15, -0.1) is 0 Å². The molecule has 2 heterocycles. The molecule has 1 unspecified atom stereocenters. The van der Waals surface area contributed by atoms with Crippen LogP contribution < -0.4 is 9.47 Å². The van der Waals surface area contributed by atoms with E-state index in [0.29, 0.717) is 0 Å². The highest BCUT2D eigenvalue weighted by Gasteiger charge is 2.16. The standard InChI is InChI=1S/C14H16N2O3/c1-2-9(7-17)14-15-6-11(16-14)10-3-4-12-13(5-10)19-8-18-12/h3-6,9,17H,2,7-8H2,1H3,(H,15,16). The summed E-state index contributed by atoms with van der Waals surface area (Å²) in [7, 11) is 0. The number of nitrogens with zero attached hydrogens (tertiary/aromatic N) is 1. The highest BCUT2D eigenvalue weighted by atomic mass is 16.7. The number of imidazole rings is 1. The fourth-order valence-electron chi connectivity index (χ4n) is 2.16. The molecule has 5 heteroatoms. The fraction of sp³-hybridized carbons (Fsp3) is 0.357. The summed E-state index contributed by atoms with van der Waals surface area (Å²) in [4.78, 5) is 7.60. The zero-order valence-corrected chi connectivity index (χ0v) is 10.7. The van der Waals surface area contributed by atoms with Gasteiger partial charge in [0.1, 0.15) is 5.82 Å². The maximum atomic E-state index is 9.29. The molecule has 0 radical (unpaired) electrons. The predicted molar refractivity (Wildman–Crippen MR) is 70.3 cm³/mol. The second-order valence-corrected chi connectivity index (χ2v) is 4.54. The van der Waals surface area contributed by atoms with Crippen LogP contribution in [0, 0.1) is 0 Å². The number of aliphatic hydroxyl groups excluding tert-OH is 1. The molecule has 2 aromatic rings. The van der Waals surface area contributed by atoms with Gasteiger partial charge in [-0.05, 0) is 24.6 Å². The van der Waals surface area contributed by atoms with Crippen LogP contribution in [-0.2, 0) is 0 Å². The summed E-state index contributed by atoms with van der Waals surface area (Å²) in [5.74, 6) is 2.40. The number of aromatic amines is 1. The number of hydrogen-bond donors (Lipinski definition) is 2. The molecule has 3 rings (SSSR count). The number of nitrogens with one attached hydrogen (secondary N) is 1. The maximum absolute atomic E-state index is 9.29. The Morgan fingerprint density at radius 1 is 1.37 bits per heavy atom. The lowest BCUT2D eigenvalue weighted by Crippen LogP contribution is -2.04. The molecule has 0 saturated heterocycles. The van der Waals surface area contributed by atoms with Gasteiger partial charge >= 0.3 is 0 Å². The normalized spacial score (nSPS) is 14.6. The molecule has 1 aromatic heterocycles. The van der Waals surface area contributed by atoms with E-state index in [1.54, 1.807) is 6.20 Å². The molecular formula is C14H16N2O3. The molecule has 2 N–H and O–H groups in total. The molecule has 1 atom stereocenters. The van der Waals surface area contributed by atoms with Gasteiger partial charge in [0.2, 0.25) is 6.79 Å². The second-order valence-electron chi connectivity index (χ2n) is 4.54. The van der Waals surface area contributed by atoms with Crippen LogP contribution in [0.1, 0.15) is 25.1 Å². The topological polar surface area (TPSA) is 67.4 Å². The largest absolute Gasteiger partial charge is 0.454 e. The maximum Gasteiger partial charge on any atom is 0.231 e. The number of fused-ring (bicyclic) bond motifs is 1. The lowest BCUT2D eigenvalue weighted by Gasteiger charge is -2.07. The van der Waals surface area contributed by atoms with Gasteiger partial charge in [0.25, 0.3) is 0 Å². The van der Waals surface area contributed by atoms with Crippen molar-refractivity contribution in [2.24, 2.45) is 0 Å². The highest BCUT2D eigenvalue weighted by Crippen LogP contribution is 2.35. The van der Waals surface area contributed by atoms with Gasteiger partial charge in [0, 0.05) is 11.5 Å². The molecule has 0 saturated carbocycles. The van der Waals surface area contributed by atoms with Crippen molar-refractivity contribution in [1.29, 1.82) is 0 Å². The SMILES string of the molecule is CCC(CO)c1ncc(-c2ccc3c(c2)OCO3)[nH]1. The van der Waals surface area contributed by atoms with Crippen molar-refractivity contribution in [1.82, 2.24) is 9.97 Å². The van der Waals surface area contributed by atoms with Gasteiger partial charge < -0.3 is 19.6 Å². The first kappa shape index (κ1) is 12.0. The van der Waals surface area contributed by atoms with Crippen molar-refractivity contribution >= 4 is 0 Å². The monoisotopic (exact) mass is 260 g/mol.